The second-order valence-electron chi connectivity index (χ2n) is 5.02. The van der Waals surface area contributed by atoms with Crippen molar-refractivity contribution >= 4 is 12.1 Å². The molecule has 0 aromatic carbocycles. The number of carbonyl (C=O) groups is 2. The van der Waals surface area contributed by atoms with Gasteiger partial charge in [0.15, 0.2) is 0 Å². The summed E-state index contributed by atoms with van der Waals surface area (Å²) in [6, 6.07) is -0.237. The van der Waals surface area contributed by atoms with E-state index in [0.29, 0.717) is 13.2 Å². The predicted octanol–water partition coefficient (Wildman–Crippen LogP) is 2.83. The Labute approximate surface area is 116 Å². The molecule has 0 N–H and O–H groups in total. The average Bonchev–Trinajstić information content (AvgIpc) is 2.28. The summed E-state index contributed by atoms with van der Waals surface area (Å²) in [5, 5.41) is 0. The summed E-state index contributed by atoms with van der Waals surface area (Å²) in [7, 11) is 0. The van der Waals surface area contributed by atoms with E-state index in [4.69, 9.17) is 9.47 Å². The number of nitrogens with zero attached hydrogens (tertiary/aromatic N) is 1. The van der Waals surface area contributed by atoms with Crippen molar-refractivity contribution in [2.45, 2.75) is 60.0 Å². The summed E-state index contributed by atoms with van der Waals surface area (Å²) in [6.07, 6.45) is -0.178. The highest BCUT2D eigenvalue weighted by Gasteiger charge is 2.31. The third kappa shape index (κ3) is 5.94. The van der Waals surface area contributed by atoms with E-state index >= 15 is 0 Å². The van der Waals surface area contributed by atoms with Crippen LogP contribution >= 0.6 is 0 Å². The van der Waals surface area contributed by atoms with Gasteiger partial charge in [-0.1, -0.05) is 13.8 Å². The van der Waals surface area contributed by atoms with E-state index in [1.54, 1.807) is 18.7 Å². The van der Waals surface area contributed by atoms with E-state index in [9.17, 15) is 9.59 Å². The van der Waals surface area contributed by atoms with E-state index in [1.165, 1.54) is 0 Å². The van der Waals surface area contributed by atoms with Crippen LogP contribution in [0.15, 0.2) is 0 Å². The largest absolute Gasteiger partial charge is 0.466 e. The lowest BCUT2D eigenvalue weighted by molar-refractivity contribution is -0.144. The van der Waals surface area contributed by atoms with Crippen molar-refractivity contribution < 1.29 is 19.1 Å². The molecule has 0 aliphatic heterocycles. The van der Waals surface area contributed by atoms with Crippen LogP contribution in [0.2, 0.25) is 0 Å². The lowest BCUT2D eigenvalue weighted by Crippen LogP contribution is -2.48. The average molecular weight is 273 g/mol. The van der Waals surface area contributed by atoms with Crippen LogP contribution in [0.3, 0.4) is 0 Å². The van der Waals surface area contributed by atoms with Gasteiger partial charge in [0, 0.05) is 12.1 Å². The molecule has 0 radical (unpaired) electrons. The quantitative estimate of drug-likeness (QED) is 0.669. The molecule has 0 aliphatic carbocycles. The highest BCUT2D eigenvalue weighted by atomic mass is 16.6. The van der Waals surface area contributed by atoms with Gasteiger partial charge in [-0.15, -0.1) is 0 Å². The van der Waals surface area contributed by atoms with Crippen LogP contribution in [0.1, 0.15) is 48.0 Å². The van der Waals surface area contributed by atoms with Gasteiger partial charge < -0.3 is 14.4 Å². The Bertz CT molecular complexity index is 289. The molecular formula is C14H27NO4. The van der Waals surface area contributed by atoms with Gasteiger partial charge in [-0.2, -0.15) is 0 Å². The lowest BCUT2D eigenvalue weighted by atomic mass is 9.98. The Kier molecular flexibility index (Phi) is 8.19. The molecule has 0 fully saturated rings. The first-order chi connectivity index (χ1) is 8.84. The van der Waals surface area contributed by atoms with Crippen LogP contribution in [-0.2, 0) is 14.3 Å². The Morgan fingerprint density at radius 3 is 1.89 bits per heavy atom. The van der Waals surface area contributed by atoms with Crippen molar-refractivity contribution in [2.75, 3.05) is 13.2 Å². The molecule has 112 valence electrons. The third-order valence-electron chi connectivity index (χ3n) is 2.84. The fraction of sp³-hybridized carbons (Fsp3) is 0.857. The summed E-state index contributed by atoms with van der Waals surface area (Å²) in [5.74, 6) is -0.132. The minimum Gasteiger partial charge on any atom is -0.466 e. The van der Waals surface area contributed by atoms with Crippen molar-refractivity contribution in [3.05, 3.63) is 0 Å². The molecule has 1 unspecified atom stereocenters. The van der Waals surface area contributed by atoms with Crippen molar-refractivity contribution in [2.24, 2.45) is 5.92 Å². The molecule has 0 saturated carbocycles. The van der Waals surface area contributed by atoms with Crippen LogP contribution in [0, 0.1) is 5.92 Å². The molecule has 1 atom stereocenters. The van der Waals surface area contributed by atoms with E-state index < -0.39 is 0 Å². The fourth-order valence-corrected chi connectivity index (χ4v) is 1.97. The number of hydrogen-bond acceptors (Lipinski definition) is 4. The number of amides is 1. The van der Waals surface area contributed by atoms with Crippen molar-refractivity contribution in [1.29, 1.82) is 0 Å². The molecule has 0 saturated heterocycles. The van der Waals surface area contributed by atoms with Crippen LogP contribution in [0.4, 0.5) is 4.79 Å². The predicted molar refractivity (Wildman–Crippen MR) is 73.9 cm³/mol. The molecule has 0 spiro atoms. The Hall–Kier alpha value is -1.26. The maximum atomic E-state index is 12.0. The SMILES string of the molecule is CCOC(=O)CC(C(C)C)N(C(=O)OCC)C(C)C. The van der Waals surface area contributed by atoms with Crippen molar-refractivity contribution in [1.82, 2.24) is 4.90 Å². The zero-order chi connectivity index (χ0) is 15.0. The lowest BCUT2D eigenvalue weighted by Gasteiger charge is -2.36. The van der Waals surface area contributed by atoms with E-state index in [0.717, 1.165) is 0 Å². The first-order valence-electron chi connectivity index (χ1n) is 6.95. The van der Waals surface area contributed by atoms with Crippen LogP contribution < -0.4 is 0 Å². The summed E-state index contributed by atoms with van der Waals surface area (Å²) in [5.41, 5.74) is 0. The van der Waals surface area contributed by atoms with Gasteiger partial charge >= 0.3 is 12.1 Å². The molecule has 5 nitrogen and oxygen atoms in total. The van der Waals surface area contributed by atoms with Crippen LogP contribution in [-0.4, -0.2) is 42.3 Å². The second-order valence-corrected chi connectivity index (χ2v) is 5.02. The summed E-state index contributed by atoms with van der Waals surface area (Å²) in [4.78, 5) is 25.3. The zero-order valence-electron chi connectivity index (χ0n) is 12.9. The standard InChI is InChI=1S/C14H27NO4/c1-7-18-13(16)9-12(10(3)4)15(11(5)6)14(17)19-8-2/h10-12H,7-9H2,1-6H3. The highest BCUT2D eigenvalue weighted by molar-refractivity contribution is 5.73. The first-order valence-corrected chi connectivity index (χ1v) is 6.95. The molecule has 0 heterocycles. The fourth-order valence-electron chi connectivity index (χ4n) is 1.97. The van der Waals surface area contributed by atoms with Gasteiger partial charge in [0.25, 0.3) is 0 Å². The smallest absolute Gasteiger partial charge is 0.410 e. The monoisotopic (exact) mass is 273 g/mol. The van der Waals surface area contributed by atoms with Gasteiger partial charge in [0.05, 0.1) is 19.6 Å². The molecule has 0 rings (SSSR count). The summed E-state index contributed by atoms with van der Waals surface area (Å²) < 4.78 is 10.0. The third-order valence-corrected chi connectivity index (χ3v) is 2.84. The first kappa shape index (κ1) is 17.7. The van der Waals surface area contributed by atoms with E-state index in [2.05, 4.69) is 0 Å². The van der Waals surface area contributed by atoms with E-state index in [-0.39, 0.29) is 36.5 Å². The number of carbonyl (C=O) groups excluding carboxylic acids is 2. The van der Waals surface area contributed by atoms with Crippen molar-refractivity contribution in [3.63, 3.8) is 0 Å². The Morgan fingerprint density at radius 2 is 1.53 bits per heavy atom. The number of esters is 1. The topological polar surface area (TPSA) is 55.8 Å². The Balaban J connectivity index is 4.96. The van der Waals surface area contributed by atoms with Gasteiger partial charge in [-0.25, -0.2) is 4.79 Å². The van der Waals surface area contributed by atoms with Crippen LogP contribution in [0.25, 0.3) is 0 Å². The zero-order valence-corrected chi connectivity index (χ0v) is 12.9. The van der Waals surface area contributed by atoms with Gasteiger partial charge in [0.2, 0.25) is 0 Å². The molecule has 19 heavy (non-hydrogen) atoms. The normalized spacial score (nSPS) is 12.4. The van der Waals surface area contributed by atoms with Gasteiger partial charge in [-0.05, 0) is 33.6 Å². The molecular weight excluding hydrogens is 246 g/mol. The van der Waals surface area contributed by atoms with Crippen molar-refractivity contribution in [3.8, 4) is 0 Å². The number of ether oxygens (including phenoxy) is 2. The van der Waals surface area contributed by atoms with Crippen LogP contribution in [0.5, 0.6) is 0 Å². The van der Waals surface area contributed by atoms with E-state index in [1.807, 2.05) is 27.7 Å². The van der Waals surface area contributed by atoms with Gasteiger partial charge in [-0.3, -0.25) is 4.79 Å². The Morgan fingerprint density at radius 1 is 1.00 bits per heavy atom. The molecule has 0 bridgehead atoms. The molecule has 0 aromatic heterocycles. The number of rotatable bonds is 7. The maximum Gasteiger partial charge on any atom is 0.410 e. The number of hydrogen-bond donors (Lipinski definition) is 0. The summed E-state index contributed by atoms with van der Waals surface area (Å²) in [6.45, 7) is 12.0. The summed E-state index contributed by atoms with van der Waals surface area (Å²) >= 11 is 0. The molecule has 1 amide bonds. The molecule has 5 heteroatoms. The molecule has 0 aromatic rings. The molecule has 0 aliphatic rings. The minimum atomic E-state index is -0.375. The maximum absolute atomic E-state index is 12.0. The van der Waals surface area contributed by atoms with Gasteiger partial charge in [0.1, 0.15) is 0 Å². The highest BCUT2D eigenvalue weighted by Crippen LogP contribution is 2.19. The second kappa shape index (κ2) is 8.77. The minimum absolute atomic E-state index is 0.0270.